The average Bonchev–Trinajstić information content (AvgIpc) is 3.67. The number of likely N-dealkylation sites (tertiary alicyclic amines) is 3. The van der Waals surface area contributed by atoms with Gasteiger partial charge in [0.25, 0.3) is 0 Å². The molecule has 0 bridgehead atoms. The molecule has 6 unspecified atom stereocenters. The Morgan fingerprint density at radius 1 is 1.08 bits per heavy atom. The van der Waals surface area contributed by atoms with Crippen LogP contribution in [0.1, 0.15) is 19.3 Å². The molecular weight excluding hydrogens is 501 g/mol. The minimum atomic E-state index is -0.658. The zero-order chi connectivity index (χ0) is 29.5. The number of nitrogens with two attached hydrogens (primary N) is 3. The van der Waals surface area contributed by atoms with Gasteiger partial charge >= 0.3 is 0 Å². The zero-order valence-electron chi connectivity index (χ0n) is 22.4. The molecule has 3 heterocycles. The van der Waals surface area contributed by atoms with E-state index in [1.165, 1.54) is 4.90 Å². The lowest BCUT2D eigenvalue weighted by molar-refractivity contribution is -0.131. The quantitative estimate of drug-likeness (QED) is 0.190. The highest BCUT2D eigenvalue weighted by atomic mass is 16.2. The van der Waals surface area contributed by atoms with Gasteiger partial charge in [-0.05, 0) is 31.6 Å². The van der Waals surface area contributed by atoms with Crippen molar-refractivity contribution in [2.45, 2.75) is 49.8 Å². The van der Waals surface area contributed by atoms with E-state index in [9.17, 15) is 28.8 Å². The van der Waals surface area contributed by atoms with Crippen molar-refractivity contribution in [3.63, 3.8) is 0 Å². The molecule has 0 spiro atoms. The van der Waals surface area contributed by atoms with Gasteiger partial charge < -0.3 is 46.3 Å². The number of hydrogen-bond acceptors (Lipinski definition) is 9. The molecule has 0 aromatic carbocycles. The molecule has 15 heteroatoms. The van der Waals surface area contributed by atoms with Gasteiger partial charge in [0.15, 0.2) is 0 Å². The second kappa shape index (κ2) is 18.0. The molecule has 0 aliphatic carbocycles. The predicted octanol–water partition coefficient (Wildman–Crippen LogP) is -3.15. The van der Waals surface area contributed by atoms with Gasteiger partial charge in [0.2, 0.25) is 17.7 Å². The Labute approximate surface area is 234 Å². The smallest absolute Gasteiger partial charge is 0.238 e. The lowest BCUT2D eigenvalue weighted by Crippen LogP contribution is -2.42. The van der Waals surface area contributed by atoms with Crippen LogP contribution in [0, 0.1) is 17.8 Å². The summed E-state index contributed by atoms with van der Waals surface area (Å²) in [4.78, 5) is 70.2. The van der Waals surface area contributed by atoms with Crippen LogP contribution in [0.3, 0.4) is 0 Å². The van der Waals surface area contributed by atoms with Crippen LogP contribution in [0.2, 0.25) is 18.5 Å². The van der Waals surface area contributed by atoms with Crippen molar-refractivity contribution in [1.29, 1.82) is 0 Å². The Morgan fingerprint density at radius 3 is 2.23 bits per heavy atom. The lowest BCUT2D eigenvalue weighted by atomic mass is 9.79. The molecule has 0 saturated carbocycles. The largest absolute Gasteiger partial charge is 0.341 e. The number of nitrogens with zero attached hydrogens (tertiary/aromatic N) is 3. The second-order valence-corrected chi connectivity index (χ2v) is 9.85. The number of amides is 3. The summed E-state index contributed by atoms with van der Waals surface area (Å²) >= 11 is 0. The van der Waals surface area contributed by atoms with Crippen molar-refractivity contribution in [3.05, 3.63) is 0 Å². The summed E-state index contributed by atoms with van der Waals surface area (Å²) in [6, 6.07) is -0.609. The molecule has 3 amide bonds. The maximum absolute atomic E-state index is 11.4. The molecule has 3 saturated heterocycles. The molecule has 210 valence electrons. The number of aldehydes is 3. The van der Waals surface area contributed by atoms with E-state index in [-0.39, 0.29) is 48.2 Å². The first-order valence-electron chi connectivity index (χ1n) is 13.1. The van der Waals surface area contributed by atoms with E-state index in [0.717, 1.165) is 31.7 Å². The van der Waals surface area contributed by atoms with Crippen molar-refractivity contribution in [3.8, 4) is 0 Å². The topological polar surface area (TPSA) is 190 Å². The Balaban J connectivity index is 0.000000293. The van der Waals surface area contributed by atoms with Crippen LogP contribution in [0.5, 0.6) is 0 Å². The first-order chi connectivity index (χ1) is 18.6. The SMILES string of the molecule is [B]C1C(=O)N(CCN)CC1C=O.[B]CC(=O)N1CC(CN)CC1CC=O.[B]CC(N)C(=O)N1CCC(C=O)C1. The fourth-order valence-corrected chi connectivity index (χ4v) is 4.71. The summed E-state index contributed by atoms with van der Waals surface area (Å²) < 4.78 is 0. The Morgan fingerprint density at radius 2 is 1.77 bits per heavy atom. The third-order valence-corrected chi connectivity index (χ3v) is 7.06. The number of carbonyl (C=O) groups is 6. The summed E-state index contributed by atoms with van der Waals surface area (Å²) in [5.74, 6) is -1.13. The maximum atomic E-state index is 11.4. The number of hydrogen-bond donors (Lipinski definition) is 3. The van der Waals surface area contributed by atoms with E-state index in [2.05, 4.69) is 0 Å². The van der Waals surface area contributed by atoms with Crippen molar-refractivity contribution >= 4 is 60.1 Å². The van der Waals surface area contributed by atoms with E-state index >= 15 is 0 Å². The van der Waals surface area contributed by atoms with Gasteiger partial charge in [-0.3, -0.25) is 14.4 Å². The molecule has 12 nitrogen and oxygen atoms in total. The van der Waals surface area contributed by atoms with Gasteiger partial charge in [-0.1, -0.05) is 6.32 Å². The monoisotopic (exact) mass is 540 g/mol. The van der Waals surface area contributed by atoms with E-state index in [1.807, 2.05) is 0 Å². The summed E-state index contributed by atoms with van der Waals surface area (Å²) in [6.07, 6.45) is 4.59. The molecule has 0 aromatic rings. The van der Waals surface area contributed by atoms with Crippen LogP contribution in [-0.2, 0) is 28.8 Å². The molecule has 6 radical (unpaired) electrons. The first kappa shape index (κ1) is 34.5. The molecule has 39 heavy (non-hydrogen) atoms. The summed E-state index contributed by atoms with van der Waals surface area (Å²) in [5.41, 5.74) is 16.3. The van der Waals surface area contributed by atoms with E-state index < -0.39 is 11.9 Å². The van der Waals surface area contributed by atoms with Gasteiger partial charge in [0.05, 0.1) is 29.6 Å². The standard InChI is InChI=1S/C9H15BN2O2.C8H13BN2O2.C7H11BN2O2/c10-4-9(14)12-6-7(5-11)3-8(12)1-2-13;9-3-7(10)8(13)11-2-1-6(4-11)5-12;8-6-5(4-11)3-10(2-1-9)7(6)12/h2,7-8H,1,3-6,11H2;5-7H,1-4,10H2;4-6H,1-3,9H2. The average molecular weight is 540 g/mol. The Kier molecular flexibility index (Phi) is 15.9. The fraction of sp³-hybridized carbons (Fsp3) is 0.750. The van der Waals surface area contributed by atoms with Crippen LogP contribution in [0.15, 0.2) is 0 Å². The summed E-state index contributed by atoms with van der Waals surface area (Å²) in [7, 11) is 16.0. The van der Waals surface area contributed by atoms with Gasteiger partial charge in [-0.25, -0.2) is 0 Å². The minimum Gasteiger partial charge on any atom is -0.341 e. The van der Waals surface area contributed by atoms with Gasteiger partial charge in [-0.2, -0.15) is 0 Å². The van der Waals surface area contributed by atoms with Crippen molar-refractivity contribution in [2.24, 2.45) is 35.0 Å². The van der Waals surface area contributed by atoms with Crippen LogP contribution >= 0.6 is 0 Å². The summed E-state index contributed by atoms with van der Waals surface area (Å²) in [6.45, 7) is 3.63. The molecule has 6 N–H and O–H groups in total. The molecule has 3 fully saturated rings. The van der Waals surface area contributed by atoms with Crippen molar-refractivity contribution < 1.29 is 28.8 Å². The molecule has 6 atom stereocenters. The Bertz CT molecular complexity index is 840. The van der Waals surface area contributed by atoms with E-state index in [0.29, 0.717) is 58.2 Å². The third kappa shape index (κ3) is 10.2. The van der Waals surface area contributed by atoms with Crippen LogP contribution < -0.4 is 17.2 Å². The zero-order valence-corrected chi connectivity index (χ0v) is 22.4. The first-order valence-corrected chi connectivity index (χ1v) is 13.1. The van der Waals surface area contributed by atoms with Crippen LogP contribution in [0.25, 0.3) is 0 Å². The van der Waals surface area contributed by atoms with E-state index in [1.54, 1.807) is 9.80 Å². The van der Waals surface area contributed by atoms with Crippen molar-refractivity contribution in [2.75, 3.05) is 45.8 Å². The predicted molar refractivity (Wildman–Crippen MR) is 148 cm³/mol. The fourth-order valence-electron chi connectivity index (χ4n) is 4.71. The molecule has 3 aliphatic heterocycles. The second-order valence-electron chi connectivity index (χ2n) is 9.85. The highest BCUT2D eigenvalue weighted by Gasteiger charge is 2.36. The van der Waals surface area contributed by atoms with Crippen molar-refractivity contribution in [1.82, 2.24) is 14.7 Å². The minimum absolute atomic E-state index is 0.00660. The molecule has 3 rings (SSSR count). The van der Waals surface area contributed by atoms with Gasteiger partial charge in [0, 0.05) is 69.4 Å². The Hall–Kier alpha value is -2.51. The normalized spacial score (nSPS) is 26.7. The van der Waals surface area contributed by atoms with E-state index in [4.69, 9.17) is 40.7 Å². The number of rotatable bonds is 10. The molecule has 0 aromatic heterocycles. The van der Waals surface area contributed by atoms with Crippen LogP contribution in [0.4, 0.5) is 0 Å². The van der Waals surface area contributed by atoms with Gasteiger partial charge in [0.1, 0.15) is 18.9 Å². The molecule has 3 aliphatic rings. The highest BCUT2D eigenvalue weighted by molar-refractivity contribution is 6.26. The lowest BCUT2D eigenvalue weighted by Gasteiger charge is -2.22. The highest BCUT2D eigenvalue weighted by Crippen LogP contribution is 2.25. The molecular formula is C24H39B3N6O6. The number of carbonyl (C=O) groups excluding carboxylic acids is 6. The maximum Gasteiger partial charge on any atom is 0.238 e. The third-order valence-electron chi connectivity index (χ3n) is 7.06. The summed E-state index contributed by atoms with van der Waals surface area (Å²) in [5, 5.41) is 0. The van der Waals surface area contributed by atoms with Gasteiger partial charge in [-0.15, -0.1) is 0 Å². The van der Waals surface area contributed by atoms with Crippen LogP contribution in [-0.4, -0.2) is 133 Å².